The number of carbonyl (C=O) groups is 1. The van der Waals surface area contributed by atoms with Crippen molar-refractivity contribution in [3.05, 3.63) is 102 Å². The van der Waals surface area contributed by atoms with Gasteiger partial charge in [-0.15, -0.1) is 0 Å². The number of aromatic nitrogens is 1. The lowest BCUT2D eigenvalue weighted by Gasteiger charge is -2.38. The zero-order chi connectivity index (χ0) is 22.8. The number of pyridine rings is 1. The van der Waals surface area contributed by atoms with E-state index in [0.29, 0.717) is 22.7 Å². The van der Waals surface area contributed by atoms with Gasteiger partial charge >= 0.3 is 0 Å². The van der Waals surface area contributed by atoms with Crippen LogP contribution >= 0.6 is 0 Å². The molecule has 33 heavy (non-hydrogen) atoms. The molecular formula is C25H21N5O3. The third kappa shape index (κ3) is 3.89. The molecule has 0 spiro atoms. The number of carbonyl (C=O) groups excluding carboxylic acids is 1. The standard InChI is InChI=1S/C25H21N5O3/c1-32-20-9-7-19(8-10-20)30-22(26)21-11-13-33-25(21)29-23(30)16-4-2-5-17(14-16)24(31)28-18-6-3-12-27-15-18/h2-15,23,26,29H,1H3,(H,28,31). The molecule has 0 radical (unpaired) electrons. The van der Waals surface area contributed by atoms with Crippen molar-refractivity contribution in [2.75, 3.05) is 22.6 Å². The minimum atomic E-state index is -0.462. The molecule has 0 aliphatic carbocycles. The van der Waals surface area contributed by atoms with Crippen LogP contribution in [-0.2, 0) is 0 Å². The molecule has 0 saturated heterocycles. The van der Waals surface area contributed by atoms with E-state index < -0.39 is 6.17 Å². The summed E-state index contributed by atoms with van der Waals surface area (Å²) in [6.07, 6.45) is 4.33. The SMILES string of the molecule is COc1ccc(N2C(=N)c3ccoc3NC2c2cccc(C(=O)Nc3cccnc3)c2)cc1. The summed E-state index contributed by atoms with van der Waals surface area (Å²) < 4.78 is 10.8. The number of ether oxygens (including phenoxy) is 1. The monoisotopic (exact) mass is 439 g/mol. The summed E-state index contributed by atoms with van der Waals surface area (Å²) in [6.45, 7) is 0. The maximum Gasteiger partial charge on any atom is 0.255 e. The van der Waals surface area contributed by atoms with E-state index in [4.69, 9.17) is 14.6 Å². The molecule has 0 fully saturated rings. The molecule has 1 unspecified atom stereocenters. The van der Waals surface area contributed by atoms with Gasteiger partial charge in [0.2, 0.25) is 5.88 Å². The van der Waals surface area contributed by atoms with Gasteiger partial charge in [-0.2, -0.15) is 0 Å². The van der Waals surface area contributed by atoms with Gasteiger partial charge in [-0.3, -0.25) is 15.2 Å². The summed E-state index contributed by atoms with van der Waals surface area (Å²) in [7, 11) is 1.61. The molecule has 8 nitrogen and oxygen atoms in total. The molecule has 5 rings (SSSR count). The van der Waals surface area contributed by atoms with Crippen molar-refractivity contribution in [3.8, 4) is 5.75 Å². The van der Waals surface area contributed by atoms with Gasteiger partial charge < -0.3 is 24.7 Å². The summed E-state index contributed by atoms with van der Waals surface area (Å²) in [5.74, 6) is 1.29. The van der Waals surface area contributed by atoms with Crippen LogP contribution in [0, 0.1) is 5.41 Å². The van der Waals surface area contributed by atoms with Crippen molar-refractivity contribution < 1.29 is 13.9 Å². The Morgan fingerprint density at radius 3 is 2.76 bits per heavy atom. The van der Waals surface area contributed by atoms with Crippen LogP contribution < -0.4 is 20.3 Å². The third-order valence-corrected chi connectivity index (χ3v) is 5.42. The topological polar surface area (TPSA) is 103 Å². The molecule has 3 N–H and O–H groups in total. The highest BCUT2D eigenvalue weighted by molar-refractivity contribution is 6.13. The Bertz CT molecular complexity index is 1300. The number of hydrogen-bond donors (Lipinski definition) is 3. The van der Waals surface area contributed by atoms with E-state index in [1.807, 2.05) is 41.3 Å². The molecule has 164 valence electrons. The summed E-state index contributed by atoms with van der Waals surface area (Å²) in [6, 6.07) is 20.1. The van der Waals surface area contributed by atoms with E-state index in [2.05, 4.69) is 15.6 Å². The van der Waals surface area contributed by atoms with Crippen molar-refractivity contribution in [3.63, 3.8) is 0 Å². The van der Waals surface area contributed by atoms with Gasteiger partial charge in [0.1, 0.15) is 17.8 Å². The molecule has 0 bridgehead atoms. The number of amides is 1. The number of nitrogens with zero attached hydrogens (tertiary/aromatic N) is 2. The van der Waals surface area contributed by atoms with E-state index in [9.17, 15) is 4.79 Å². The minimum absolute atomic E-state index is 0.245. The normalized spacial score (nSPS) is 14.9. The first-order valence-electron chi connectivity index (χ1n) is 10.3. The van der Waals surface area contributed by atoms with Crippen LogP contribution in [0.15, 0.2) is 89.8 Å². The Morgan fingerprint density at radius 1 is 1.15 bits per heavy atom. The van der Waals surface area contributed by atoms with E-state index in [1.54, 1.807) is 56.1 Å². The first kappa shape index (κ1) is 20.3. The fraction of sp³-hybridized carbons (Fsp3) is 0.0800. The predicted molar refractivity (Wildman–Crippen MR) is 126 cm³/mol. The number of rotatable bonds is 5. The van der Waals surface area contributed by atoms with Crippen LogP contribution in [0.4, 0.5) is 17.3 Å². The molecule has 2 aromatic carbocycles. The van der Waals surface area contributed by atoms with Crippen molar-refractivity contribution >= 4 is 29.0 Å². The lowest BCUT2D eigenvalue weighted by atomic mass is 10.0. The second-order valence-corrected chi connectivity index (χ2v) is 7.45. The number of hydrogen-bond acceptors (Lipinski definition) is 6. The van der Waals surface area contributed by atoms with Crippen molar-refractivity contribution in [2.45, 2.75) is 6.17 Å². The number of nitrogens with one attached hydrogen (secondary N) is 3. The quantitative estimate of drug-likeness (QED) is 0.409. The van der Waals surface area contributed by atoms with Crippen LogP contribution in [0.1, 0.15) is 27.7 Å². The molecule has 1 amide bonds. The van der Waals surface area contributed by atoms with Crippen LogP contribution in [-0.4, -0.2) is 23.8 Å². The molecule has 1 aliphatic rings. The third-order valence-electron chi connectivity index (χ3n) is 5.42. The molecule has 4 aromatic rings. The fourth-order valence-corrected chi connectivity index (χ4v) is 3.80. The Labute approximate surface area is 190 Å². The van der Waals surface area contributed by atoms with E-state index >= 15 is 0 Å². The fourth-order valence-electron chi connectivity index (χ4n) is 3.80. The second-order valence-electron chi connectivity index (χ2n) is 7.45. The molecular weight excluding hydrogens is 418 g/mol. The van der Waals surface area contributed by atoms with E-state index in [0.717, 1.165) is 17.0 Å². The summed E-state index contributed by atoms with van der Waals surface area (Å²) in [5.41, 5.74) is 3.37. The second kappa shape index (κ2) is 8.51. The average molecular weight is 439 g/mol. The molecule has 2 aromatic heterocycles. The molecule has 8 heteroatoms. The number of fused-ring (bicyclic) bond motifs is 1. The first-order chi connectivity index (χ1) is 16.1. The summed E-state index contributed by atoms with van der Waals surface area (Å²) >= 11 is 0. The summed E-state index contributed by atoms with van der Waals surface area (Å²) in [4.78, 5) is 18.7. The molecule has 3 heterocycles. The Kier molecular flexibility index (Phi) is 5.24. The lowest BCUT2D eigenvalue weighted by molar-refractivity contribution is 0.102. The van der Waals surface area contributed by atoms with Crippen LogP contribution in [0.2, 0.25) is 0 Å². The largest absolute Gasteiger partial charge is 0.497 e. The van der Waals surface area contributed by atoms with Gasteiger partial charge in [-0.05, 0) is 60.2 Å². The molecule has 0 saturated carbocycles. The zero-order valence-electron chi connectivity index (χ0n) is 17.8. The Hall–Kier alpha value is -4.59. The molecule has 1 atom stereocenters. The maximum absolute atomic E-state index is 12.8. The van der Waals surface area contributed by atoms with Gasteiger partial charge in [-0.25, -0.2) is 0 Å². The maximum atomic E-state index is 12.8. The highest BCUT2D eigenvalue weighted by Gasteiger charge is 2.34. The number of methoxy groups -OCH3 is 1. The van der Waals surface area contributed by atoms with Gasteiger partial charge in [0.05, 0.1) is 30.8 Å². The highest BCUT2D eigenvalue weighted by Crippen LogP contribution is 2.37. The smallest absolute Gasteiger partial charge is 0.255 e. The predicted octanol–water partition coefficient (Wildman–Crippen LogP) is 4.89. The summed E-state index contributed by atoms with van der Waals surface area (Å²) in [5, 5.41) is 15.1. The van der Waals surface area contributed by atoms with Crippen LogP contribution in [0.25, 0.3) is 0 Å². The van der Waals surface area contributed by atoms with E-state index in [-0.39, 0.29) is 11.7 Å². The van der Waals surface area contributed by atoms with Gasteiger partial charge in [0, 0.05) is 17.4 Å². The highest BCUT2D eigenvalue weighted by atomic mass is 16.5. The van der Waals surface area contributed by atoms with Crippen molar-refractivity contribution in [1.82, 2.24) is 4.98 Å². The lowest BCUT2D eigenvalue weighted by Crippen LogP contribution is -2.42. The number of furan rings is 1. The average Bonchev–Trinajstić information content (AvgIpc) is 3.34. The number of amidine groups is 1. The van der Waals surface area contributed by atoms with Gasteiger partial charge in [0.25, 0.3) is 5.91 Å². The Balaban J connectivity index is 1.51. The van der Waals surface area contributed by atoms with Gasteiger partial charge in [-0.1, -0.05) is 12.1 Å². The van der Waals surface area contributed by atoms with Crippen LogP contribution in [0.5, 0.6) is 5.75 Å². The van der Waals surface area contributed by atoms with Crippen molar-refractivity contribution in [2.24, 2.45) is 0 Å². The number of anilines is 3. The van der Waals surface area contributed by atoms with Crippen LogP contribution in [0.3, 0.4) is 0 Å². The Morgan fingerprint density at radius 2 is 2.00 bits per heavy atom. The van der Waals surface area contributed by atoms with E-state index in [1.165, 1.54) is 0 Å². The first-order valence-corrected chi connectivity index (χ1v) is 10.3. The zero-order valence-corrected chi connectivity index (χ0v) is 17.8. The number of benzene rings is 2. The van der Waals surface area contributed by atoms with Gasteiger partial charge in [0.15, 0.2) is 0 Å². The minimum Gasteiger partial charge on any atom is -0.497 e. The molecule has 1 aliphatic heterocycles. The van der Waals surface area contributed by atoms with Crippen molar-refractivity contribution in [1.29, 1.82) is 5.41 Å².